The molecule has 1 aromatic carbocycles. The molecule has 6 heteroatoms. The molecule has 0 aliphatic carbocycles. The normalized spacial score (nSPS) is 11.6. The minimum atomic E-state index is -0.198. The number of aromatic nitrogens is 3. The lowest BCUT2D eigenvalue weighted by Crippen LogP contribution is -2.32. The second kappa shape index (κ2) is 8.89. The molecule has 6 nitrogen and oxygen atoms in total. The van der Waals surface area contributed by atoms with Crippen LogP contribution in [0.3, 0.4) is 0 Å². The molecule has 0 saturated carbocycles. The van der Waals surface area contributed by atoms with Crippen molar-refractivity contribution in [2.75, 3.05) is 5.32 Å². The molecule has 0 aliphatic rings. The molecule has 3 rings (SSSR count). The number of pyridine rings is 1. The van der Waals surface area contributed by atoms with Crippen LogP contribution in [0.15, 0.2) is 60.9 Å². The fraction of sp³-hybridized carbons (Fsp3) is 0.238. The second-order valence-electron chi connectivity index (χ2n) is 6.32. The first-order chi connectivity index (χ1) is 13.2. The van der Waals surface area contributed by atoms with Crippen molar-refractivity contribution in [2.45, 2.75) is 32.9 Å². The highest BCUT2D eigenvalue weighted by atomic mass is 16.1. The van der Waals surface area contributed by atoms with Crippen LogP contribution >= 0.6 is 0 Å². The van der Waals surface area contributed by atoms with E-state index < -0.39 is 0 Å². The fourth-order valence-corrected chi connectivity index (χ4v) is 2.46. The maximum Gasteiger partial charge on any atom is 0.270 e. The van der Waals surface area contributed by atoms with Gasteiger partial charge in [0.05, 0.1) is 0 Å². The largest absolute Gasteiger partial charge is 0.366 e. The summed E-state index contributed by atoms with van der Waals surface area (Å²) < 4.78 is 0. The molecule has 2 aromatic heterocycles. The van der Waals surface area contributed by atoms with Crippen molar-refractivity contribution in [1.82, 2.24) is 20.3 Å². The average molecular weight is 361 g/mol. The molecule has 1 atom stereocenters. The number of anilines is 1. The predicted octanol–water partition coefficient (Wildman–Crippen LogP) is 3.68. The van der Waals surface area contributed by atoms with Gasteiger partial charge in [0, 0.05) is 36.6 Å². The van der Waals surface area contributed by atoms with Crippen molar-refractivity contribution in [3.8, 4) is 11.4 Å². The van der Waals surface area contributed by atoms with E-state index in [1.54, 1.807) is 18.5 Å². The van der Waals surface area contributed by atoms with E-state index in [1.807, 2.05) is 56.3 Å². The van der Waals surface area contributed by atoms with Crippen molar-refractivity contribution < 1.29 is 4.79 Å². The first-order valence-electron chi connectivity index (χ1n) is 9.04. The summed E-state index contributed by atoms with van der Waals surface area (Å²) in [5.41, 5.74) is 2.29. The first-order valence-corrected chi connectivity index (χ1v) is 9.04. The van der Waals surface area contributed by atoms with Crippen LogP contribution in [0.2, 0.25) is 0 Å². The minimum Gasteiger partial charge on any atom is -0.366 e. The topological polar surface area (TPSA) is 79.8 Å². The lowest BCUT2D eigenvalue weighted by molar-refractivity contribution is 0.0934. The van der Waals surface area contributed by atoms with Gasteiger partial charge in [-0.15, -0.1) is 0 Å². The zero-order chi connectivity index (χ0) is 19.1. The van der Waals surface area contributed by atoms with E-state index in [-0.39, 0.29) is 11.9 Å². The summed E-state index contributed by atoms with van der Waals surface area (Å²) in [7, 11) is 0. The van der Waals surface area contributed by atoms with Crippen LogP contribution in [0, 0.1) is 0 Å². The summed E-state index contributed by atoms with van der Waals surface area (Å²) in [6.45, 7) is 4.59. The van der Waals surface area contributed by atoms with E-state index in [9.17, 15) is 4.79 Å². The molecule has 0 radical (unpaired) electrons. The highest BCUT2D eigenvalue weighted by molar-refractivity contribution is 5.93. The molecular weight excluding hydrogens is 338 g/mol. The first kappa shape index (κ1) is 18.5. The van der Waals surface area contributed by atoms with Gasteiger partial charge in [0.1, 0.15) is 11.5 Å². The van der Waals surface area contributed by atoms with Crippen LogP contribution < -0.4 is 10.6 Å². The van der Waals surface area contributed by atoms with E-state index in [2.05, 4.69) is 25.6 Å². The van der Waals surface area contributed by atoms with Crippen molar-refractivity contribution in [3.63, 3.8) is 0 Å². The van der Waals surface area contributed by atoms with Gasteiger partial charge in [-0.25, -0.2) is 9.97 Å². The van der Waals surface area contributed by atoms with Gasteiger partial charge in [-0.05, 0) is 31.0 Å². The van der Waals surface area contributed by atoms with E-state index in [1.165, 1.54) is 0 Å². The highest BCUT2D eigenvalue weighted by Crippen LogP contribution is 2.18. The Balaban J connectivity index is 1.89. The van der Waals surface area contributed by atoms with Crippen LogP contribution in [0.5, 0.6) is 0 Å². The highest BCUT2D eigenvalue weighted by Gasteiger charge is 2.14. The molecule has 0 bridgehead atoms. The molecule has 27 heavy (non-hydrogen) atoms. The molecular formula is C21H23N5O. The Morgan fingerprint density at radius 2 is 1.81 bits per heavy atom. The molecule has 2 N–H and O–H groups in total. The van der Waals surface area contributed by atoms with E-state index in [0.29, 0.717) is 23.9 Å². The Morgan fingerprint density at radius 1 is 1.07 bits per heavy atom. The number of hydrogen-bond acceptors (Lipinski definition) is 5. The Hall–Kier alpha value is -3.28. The molecule has 0 spiro atoms. The fourth-order valence-electron chi connectivity index (χ4n) is 2.46. The SMILES string of the molecule is CCC(C)NC(=O)c1cc(NCc2ccncc2)nc(-c2ccccc2)n1. The van der Waals surface area contributed by atoms with Crippen LogP contribution in [-0.2, 0) is 6.54 Å². The molecule has 2 heterocycles. The lowest BCUT2D eigenvalue weighted by atomic mass is 10.2. The second-order valence-corrected chi connectivity index (χ2v) is 6.32. The molecule has 3 aromatic rings. The van der Waals surface area contributed by atoms with E-state index in [0.717, 1.165) is 17.5 Å². The number of rotatable bonds is 7. The quantitative estimate of drug-likeness (QED) is 0.671. The average Bonchev–Trinajstić information content (AvgIpc) is 2.73. The maximum absolute atomic E-state index is 12.6. The number of hydrogen-bond donors (Lipinski definition) is 2. The summed E-state index contributed by atoms with van der Waals surface area (Å²) in [6.07, 6.45) is 4.35. The third kappa shape index (κ3) is 5.10. The number of amides is 1. The summed E-state index contributed by atoms with van der Waals surface area (Å²) in [5, 5.41) is 6.24. The van der Waals surface area contributed by atoms with Crippen molar-refractivity contribution in [1.29, 1.82) is 0 Å². The Bertz CT molecular complexity index is 884. The van der Waals surface area contributed by atoms with Gasteiger partial charge < -0.3 is 10.6 Å². The molecule has 1 unspecified atom stereocenters. The third-order valence-electron chi connectivity index (χ3n) is 4.20. The summed E-state index contributed by atoms with van der Waals surface area (Å²) >= 11 is 0. The Kier molecular flexibility index (Phi) is 6.10. The van der Waals surface area contributed by atoms with Gasteiger partial charge in [-0.3, -0.25) is 9.78 Å². The number of nitrogens with one attached hydrogen (secondary N) is 2. The standard InChI is InChI=1S/C21H23N5O/c1-3-15(2)24-21(27)18-13-19(23-14-16-9-11-22-12-10-16)26-20(25-18)17-7-5-4-6-8-17/h4-13,15H,3,14H2,1-2H3,(H,24,27)(H,23,25,26). The molecule has 0 aliphatic heterocycles. The van der Waals surface area contributed by atoms with Crippen molar-refractivity contribution in [2.24, 2.45) is 0 Å². The number of nitrogens with zero attached hydrogens (tertiary/aromatic N) is 3. The Morgan fingerprint density at radius 3 is 2.52 bits per heavy atom. The van der Waals surface area contributed by atoms with Gasteiger partial charge >= 0.3 is 0 Å². The smallest absolute Gasteiger partial charge is 0.270 e. The van der Waals surface area contributed by atoms with Gasteiger partial charge in [0.25, 0.3) is 5.91 Å². The summed E-state index contributed by atoms with van der Waals surface area (Å²) in [5.74, 6) is 0.926. The summed E-state index contributed by atoms with van der Waals surface area (Å²) in [4.78, 5) is 25.7. The molecule has 0 fully saturated rings. The number of carbonyl (C=O) groups is 1. The van der Waals surface area contributed by atoms with Crippen molar-refractivity contribution in [3.05, 3.63) is 72.2 Å². The molecule has 138 valence electrons. The van der Waals surface area contributed by atoms with E-state index in [4.69, 9.17) is 0 Å². The van der Waals surface area contributed by atoms with Gasteiger partial charge in [0.2, 0.25) is 0 Å². The lowest BCUT2D eigenvalue weighted by Gasteiger charge is -2.13. The Labute approximate surface area is 159 Å². The van der Waals surface area contributed by atoms with Crippen LogP contribution in [-0.4, -0.2) is 26.9 Å². The van der Waals surface area contributed by atoms with Gasteiger partial charge in [-0.2, -0.15) is 0 Å². The zero-order valence-corrected chi connectivity index (χ0v) is 15.5. The molecule has 1 amide bonds. The van der Waals surface area contributed by atoms with Crippen LogP contribution in [0.4, 0.5) is 5.82 Å². The zero-order valence-electron chi connectivity index (χ0n) is 15.5. The van der Waals surface area contributed by atoms with Crippen molar-refractivity contribution >= 4 is 11.7 Å². The predicted molar refractivity (Wildman–Crippen MR) is 106 cm³/mol. The third-order valence-corrected chi connectivity index (χ3v) is 4.20. The van der Waals surface area contributed by atoms with Gasteiger partial charge in [0.15, 0.2) is 5.82 Å². The number of benzene rings is 1. The van der Waals surface area contributed by atoms with Crippen LogP contribution in [0.25, 0.3) is 11.4 Å². The van der Waals surface area contributed by atoms with E-state index >= 15 is 0 Å². The maximum atomic E-state index is 12.6. The molecule has 0 saturated heterocycles. The number of carbonyl (C=O) groups excluding carboxylic acids is 1. The van der Waals surface area contributed by atoms with Gasteiger partial charge in [-0.1, -0.05) is 37.3 Å². The summed E-state index contributed by atoms with van der Waals surface area (Å²) in [6, 6.07) is 15.3. The monoisotopic (exact) mass is 361 g/mol. The van der Waals surface area contributed by atoms with Crippen LogP contribution in [0.1, 0.15) is 36.3 Å². The minimum absolute atomic E-state index is 0.0841.